The Morgan fingerprint density at radius 3 is 2.68 bits per heavy atom. The number of pyridine rings is 1. The van der Waals surface area contributed by atoms with E-state index in [1.54, 1.807) is 18.3 Å². The van der Waals surface area contributed by atoms with Gasteiger partial charge in [0.1, 0.15) is 11.7 Å². The maximum atomic E-state index is 12.5. The van der Waals surface area contributed by atoms with Crippen molar-refractivity contribution >= 4 is 29.3 Å². The molecule has 0 bridgehead atoms. The molecule has 0 spiro atoms. The Hall–Kier alpha value is -2.02. The lowest BCUT2D eigenvalue weighted by atomic mass is 9.99. The maximum absolute atomic E-state index is 12.5. The van der Waals surface area contributed by atoms with Crippen LogP contribution in [0.4, 0.5) is 4.79 Å². The smallest absolute Gasteiger partial charge is 0.408 e. The zero-order chi connectivity index (χ0) is 22.6. The van der Waals surface area contributed by atoms with Crippen LogP contribution in [0.15, 0.2) is 30.5 Å². The molecule has 1 amide bonds. The number of alkyl carbamates (subject to hydrolysis) is 1. The second-order valence-electron chi connectivity index (χ2n) is 8.65. The number of aromatic nitrogens is 1. The predicted octanol–water partition coefficient (Wildman–Crippen LogP) is 5.67. The minimum absolute atomic E-state index is 0.0369. The van der Waals surface area contributed by atoms with Crippen LogP contribution in [-0.4, -0.2) is 36.0 Å². The number of aryl methyl sites for hydroxylation is 1. The number of hydrogen-bond acceptors (Lipinski definition) is 5. The van der Waals surface area contributed by atoms with E-state index < -0.39 is 11.7 Å². The van der Waals surface area contributed by atoms with Gasteiger partial charge in [-0.3, -0.25) is 0 Å². The highest BCUT2D eigenvalue weighted by atomic mass is 35.5. The molecule has 0 saturated carbocycles. The second kappa shape index (κ2) is 10.1. The molecule has 3 rings (SSSR count). The largest absolute Gasteiger partial charge is 0.472 e. The van der Waals surface area contributed by atoms with Gasteiger partial charge in [-0.1, -0.05) is 29.3 Å². The minimum atomic E-state index is -0.604. The van der Waals surface area contributed by atoms with E-state index in [2.05, 4.69) is 10.3 Å². The zero-order valence-electron chi connectivity index (χ0n) is 18.2. The van der Waals surface area contributed by atoms with Gasteiger partial charge in [0.15, 0.2) is 0 Å². The standard InChI is InChI=1S/C23H28Cl2N2O4/c1-14-9-15(12-26-21(14)30-17-7-8-29-13-17)10-20(27-22(28)31-23(2,3)4)16-5-6-18(24)19(25)11-16/h5-6,9,11-12,17,20H,7-8,10,13H2,1-4H3,(H,27,28). The van der Waals surface area contributed by atoms with Gasteiger partial charge < -0.3 is 19.5 Å². The van der Waals surface area contributed by atoms with Crippen LogP contribution in [0.1, 0.15) is 49.9 Å². The van der Waals surface area contributed by atoms with Crippen LogP contribution in [0.2, 0.25) is 10.0 Å². The molecule has 1 N–H and O–H groups in total. The van der Waals surface area contributed by atoms with Gasteiger partial charge in [-0.15, -0.1) is 0 Å². The topological polar surface area (TPSA) is 69.7 Å². The molecule has 31 heavy (non-hydrogen) atoms. The van der Waals surface area contributed by atoms with E-state index in [-0.39, 0.29) is 12.1 Å². The van der Waals surface area contributed by atoms with Crippen molar-refractivity contribution in [3.63, 3.8) is 0 Å². The third kappa shape index (κ3) is 6.99. The highest BCUT2D eigenvalue weighted by Crippen LogP contribution is 2.28. The third-order valence-corrected chi connectivity index (χ3v) is 5.47. The molecule has 2 atom stereocenters. The molecule has 1 aliphatic rings. The number of amides is 1. The first-order valence-electron chi connectivity index (χ1n) is 10.2. The van der Waals surface area contributed by atoms with Gasteiger partial charge in [0.2, 0.25) is 5.88 Å². The molecule has 168 valence electrons. The predicted molar refractivity (Wildman–Crippen MR) is 121 cm³/mol. The van der Waals surface area contributed by atoms with Crippen molar-refractivity contribution in [3.8, 4) is 5.88 Å². The summed E-state index contributed by atoms with van der Waals surface area (Å²) in [6, 6.07) is 6.95. The molecule has 2 unspecified atom stereocenters. The van der Waals surface area contributed by atoms with E-state index in [9.17, 15) is 4.79 Å². The van der Waals surface area contributed by atoms with Crippen molar-refractivity contribution in [3.05, 3.63) is 57.2 Å². The average molecular weight is 467 g/mol. The van der Waals surface area contributed by atoms with Gasteiger partial charge in [0.05, 0.1) is 29.3 Å². The van der Waals surface area contributed by atoms with E-state index >= 15 is 0 Å². The summed E-state index contributed by atoms with van der Waals surface area (Å²) in [5.41, 5.74) is 2.09. The van der Waals surface area contributed by atoms with Crippen LogP contribution in [0, 0.1) is 6.92 Å². The highest BCUT2D eigenvalue weighted by Gasteiger charge is 2.23. The fourth-order valence-electron chi connectivity index (χ4n) is 3.29. The van der Waals surface area contributed by atoms with E-state index in [1.165, 1.54) is 0 Å². The SMILES string of the molecule is Cc1cc(CC(NC(=O)OC(C)(C)C)c2ccc(Cl)c(Cl)c2)cnc1OC1CCOC1. The molecule has 1 aromatic heterocycles. The van der Waals surface area contributed by atoms with E-state index in [0.29, 0.717) is 35.6 Å². The zero-order valence-corrected chi connectivity index (χ0v) is 19.7. The first-order valence-corrected chi connectivity index (χ1v) is 11.0. The molecule has 1 aromatic carbocycles. The highest BCUT2D eigenvalue weighted by molar-refractivity contribution is 6.42. The van der Waals surface area contributed by atoms with Gasteiger partial charge in [-0.25, -0.2) is 9.78 Å². The molecule has 6 nitrogen and oxygen atoms in total. The Morgan fingerprint density at radius 2 is 2.06 bits per heavy atom. The third-order valence-electron chi connectivity index (χ3n) is 4.73. The summed E-state index contributed by atoms with van der Waals surface area (Å²) in [7, 11) is 0. The summed E-state index contributed by atoms with van der Waals surface area (Å²) in [5, 5.41) is 3.82. The first kappa shape index (κ1) is 23.6. The molecule has 0 aliphatic carbocycles. The quantitative estimate of drug-likeness (QED) is 0.593. The van der Waals surface area contributed by atoms with Gasteiger partial charge in [0.25, 0.3) is 0 Å². The monoisotopic (exact) mass is 466 g/mol. The molecule has 2 aromatic rings. The van der Waals surface area contributed by atoms with Crippen LogP contribution in [0.3, 0.4) is 0 Å². The summed E-state index contributed by atoms with van der Waals surface area (Å²) < 4.78 is 16.7. The van der Waals surface area contributed by atoms with Crippen LogP contribution >= 0.6 is 23.2 Å². The Balaban J connectivity index is 1.79. The van der Waals surface area contributed by atoms with E-state index in [1.807, 2.05) is 39.8 Å². The van der Waals surface area contributed by atoms with Gasteiger partial charge >= 0.3 is 6.09 Å². The number of nitrogens with zero attached hydrogens (tertiary/aromatic N) is 1. The fraction of sp³-hybridized carbons (Fsp3) is 0.478. The maximum Gasteiger partial charge on any atom is 0.408 e. The fourth-order valence-corrected chi connectivity index (χ4v) is 3.59. The number of carbonyl (C=O) groups is 1. The minimum Gasteiger partial charge on any atom is -0.472 e. The summed E-state index contributed by atoms with van der Waals surface area (Å²) in [5.74, 6) is 0.602. The Morgan fingerprint density at radius 1 is 1.29 bits per heavy atom. The van der Waals surface area contributed by atoms with Crippen LogP contribution in [0.25, 0.3) is 0 Å². The van der Waals surface area contributed by atoms with E-state index in [4.69, 9.17) is 37.4 Å². The van der Waals surface area contributed by atoms with Crippen LogP contribution in [0.5, 0.6) is 5.88 Å². The summed E-state index contributed by atoms with van der Waals surface area (Å²) in [6.07, 6.45) is 2.66. The normalized spacial score (nSPS) is 17.3. The van der Waals surface area contributed by atoms with Crippen molar-refractivity contribution < 1.29 is 19.0 Å². The average Bonchev–Trinajstić information content (AvgIpc) is 3.17. The number of carbonyl (C=O) groups excluding carboxylic acids is 1. The number of halogens is 2. The molecule has 0 radical (unpaired) electrons. The van der Waals surface area contributed by atoms with Gasteiger partial charge in [-0.2, -0.15) is 0 Å². The summed E-state index contributed by atoms with van der Waals surface area (Å²) >= 11 is 12.3. The lowest BCUT2D eigenvalue weighted by Gasteiger charge is -2.24. The van der Waals surface area contributed by atoms with Crippen molar-refractivity contribution in [1.82, 2.24) is 10.3 Å². The molecular formula is C23H28Cl2N2O4. The molecule has 1 saturated heterocycles. The Labute approximate surface area is 193 Å². The first-order chi connectivity index (χ1) is 14.6. The number of hydrogen-bond donors (Lipinski definition) is 1. The van der Waals surface area contributed by atoms with Crippen molar-refractivity contribution in [2.24, 2.45) is 0 Å². The molecule has 2 heterocycles. The van der Waals surface area contributed by atoms with Crippen LogP contribution in [-0.2, 0) is 15.9 Å². The molecule has 1 aliphatic heterocycles. The molecular weight excluding hydrogens is 439 g/mol. The number of rotatable bonds is 6. The Kier molecular flexibility index (Phi) is 7.68. The van der Waals surface area contributed by atoms with Gasteiger partial charge in [-0.05, 0) is 63.4 Å². The molecule has 8 heteroatoms. The lowest BCUT2D eigenvalue weighted by Crippen LogP contribution is -2.35. The van der Waals surface area contributed by atoms with Gasteiger partial charge in [0, 0.05) is 18.2 Å². The van der Waals surface area contributed by atoms with Crippen LogP contribution < -0.4 is 10.1 Å². The summed E-state index contributed by atoms with van der Waals surface area (Å²) in [6.45, 7) is 8.72. The lowest BCUT2D eigenvalue weighted by molar-refractivity contribution is 0.0503. The van der Waals surface area contributed by atoms with Crippen molar-refractivity contribution in [1.29, 1.82) is 0 Å². The second-order valence-corrected chi connectivity index (χ2v) is 9.46. The molecule has 1 fully saturated rings. The number of benzene rings is 1. The van der Waals surface area contributed by atoms with Crippen molar-refractivity contribution in [2.45, 2.75) is 58.3 Å². The van der Waals surface area contributed by atoms with E-state index in [0.717, 1.165) is 23.1 Å². The Bertz CT molecular complexity index is 924. The number of ether oxygens (including phenoxy) is 3. The summed E-state index contributed by atoms with van der Waals surface area (Å²) in [4.78, 5) is 16.9. The van der Waals surface area contributed by atoms with Crippen molar-refractivity contribution in [2.75, 3.05) is 13.2 Å². The number of nitrogens with one attached hydrogen (secondary N) is 1.